The van der Waals surface area contributed by atoms with E-state index in [-0.39, 0.29) is 23.7 Å². The number of carbonyl (C=O) groups is 2. The molecule has 1 saturated heterocycles. The molecule has 1 saturated carbocycles. The molecule has 0 unspecified atom stereocenters. The number of Topliss-reactive ketones (excluding diaryl/α,β-unsaturated/α-hetero) is 1. The Morgan fingerprint density at radius 2 is 2.14 bits per heavy atom. The number of likely N-dealkylation sites (tertiary alicyclic amines) is 1. The molecule has 3 rings (SSSR count). The van der Waals surface area contributed by atoms with Crippen LogP contribution in [0.5, 0.6) is 0 Å². The zero-order valence-corrected chi connectivity index (χ0v) is 13.2. The van der Waals surface area contributed by atoms with Gasteiger partial charge in [0.15, 0.2) is 5.78 Å². The fourth-order valence-corrected chi connectivity index (χ4v) is 3.87. The molecule has 1 heterocycles. The number of esters is 1. The molecule has 4 nitrogen and oxygen atoms in total. The largest absolute Gasteiger partial charge is 0.465 e. The third-order valence-corrected chi connectivity index (χ3v) is 5.19. The van der Waals surface area contributed by atoms with Gasteiger partial charge in [-0.2, -0.15) is 0 Å². The van der Waals surface area contributed by atoms with Crippen LogP contribution in [0.4, 0.5) is 0 Å². The Hall–Kier alpha value is -1.68. The van der Waals surface area contributed by atoms with Crippen molar-refractivity contribution in [1.29, 1.82) is 0 Å². The molecule has 2 fully saturated rings. The molecule has 2 bridgehead atoms. The Bertz CT molecular complexity index is 571. The van der Waals surface area contributed by atoms with Crippen molar-refractivity contribution in [2.24, 2.45) is 11.3 Å². The summed E-state index contributed by atoms with van der Waals surface area (Å²) in [6.45, 7) is 5.49. The van der Waals surface area contributed by atoms with E-state index in [9.17, 15) is 9.59 Å². The number of benzene rings is 1. The summed E-state index contributed by atoms with van der Waals surface area (Å²) in [6.07, 6.45) is 1.43. The topological polar surface area (TPSA) is 46.6 Å². The Morgan fingerprint density at radius 1 is 1.41 bits per heavy atom. The van der Waals surface area contributed by atoms with Gasteiger partial charge in [-0.1, -0.05) is 30.3 Å². The van der Waals surface area contributed by atoms with Crippen LogP contribution in [0.1, 0.15) is 38.3 Å². The van der Waals surface area contributed by atoms with Crippen LogP contribution >= 0.6 is 0 Å². The summed E-state index contributed by atoms with van der Waals surface area (Å²) >= 11 is 0. The Labute approximate surface area is 131 Å². The van der Waals surface area contributed by atoms with Crippen LogP contribution in [0.3, 0.4) is 0 Å². The van der Waals surface area contributed by atoms with Crippen molar-refractivity contribution < 1.29 is 14.3 Å². The zero-order valence-electron chi connectivity index (χ0n) is 13.2. The normalized spacial score (nSPS) is 29.4. The Balaban J connectivity index is 1.85. The minimum atomic E-state index is -0.929. The highest BCUT2D eigenvalue weighted by atomic mass is 16.5. The summed E-state index contributed by atoms with van der Waals surface area (Å²) in [5.74, 6) is -0.251. The SMILES string of the molecule is CCOC(=O)[C@@]12CC[C@@H](CN([C@@H](C)c3ccccc3)C1)C2=O. The summed E-state index contributed by atoms with van der Waals surface area (Å²) in [7, 11) is 0. The number of hydrogen-bond acceptors (Lipinski definition) is 4. The minimum Gasteiger partial charge on any atom is -0.465 e. The third kappa shape index (κ3) is 2.35. The molecule has 3 atom stereocenters. The number of ketones is 1. The first-order valence-electron chi connectivity index (χ1n) is 8.09. The number of fused-ring (bicyclic) bond motifs is 2. The van der Waals surface area contributed by atoms with E-state index in [0.29, 0.717) is 19.6 Å². The molecule has 1 aliphatic carbocycles. The van der Waals surface area contributed by atoms with E-state index in [0.717, 1.165) is 13.0 Å². The second-order valence-electron chi connectivity index (χ2n) is 6.42. The van der Waals surface area contributed by atoms with Crippen molar-refractivity contribution >= 4 is 11.8 Å². The molecule has 22 heavy (non-hydrogen) atoms. The maximum atomic E-state index is 12.6. The van der Waals surface area contributed by atoms with Gasteiger partial charge in [0.05, 0.1) is 6.61 Å². The average molecular weight is 301 g/mol. The van der Waals surface area contributed by atoms with Crippen LogP contribution in [-0.4, -0.2) is 36.3 Å². The van der Waals surface area contributed by atoms with Crippen LogP contribution < -0.4 is 0 Å². The molecule has 4 heteroatoms. The lowest BCUT2D eigenvalue weighted by atomic mass is 9.80. The average Bonchev–Trinajstić information content (AvgIpc) is 2.75. The van der Waals surface area contributed by atoms with E-state index < -0.39 is 5.41 Å². The van der Waals surface area contributed by atoms with Gasteiger partial charge in [0.1, 0.15) is 5.41 Å². The number of ether oxygens (including phenoxy) is 1. The fourth-order valence-electron chi connectivity index (χ4n) is 3.87. The van der Waals surface area contributed by atoms with Crippen molar-refractivity contribution in [3.05, 3.63) is 35.9 Å². The number of hydrogen-bond donors (Lipinski definition) is 0. The van der Waals surface area contributed by atoms with Crippen LogP contribution in [0, 0.1) is 11.3 Å². The third-order valence-electron chi connectivity index (χ3n) is 5.19. The van der Waals surface area contributed by atoms with Crippen molar-refractivity contribution in [2.75, 3.05) is 19.7 Å². The Morgan fingerprint density at radius 3 is 2.82 bits per heavy atom. The summed E-state index contributed by atoms with van der Waals surface area (Å²) in [5, 5.41) is 0. The maximum Gasteiger partial charge on any atom is 0.320 e. The summed E-state index contributed by atoms with van der Waals surface area (Å²) < 4.78 is 5.22. The van der Waals surface area contributed by atoms with E-state index in [4.69, 9.17) is 4.74 Å². The Kier molecular flexibility index (Phi) is 4.04. The van der Waals surface area contributed by atoms with Crippen LogP contribution in [0.15, 0.2) is 30.3 Å². The predicted octanol–water partition coefficient (Wildman–Crippen LogP) is 2.59. The lowest BCUT2D eigenvalue weighted by Gasteiger charge is -2.40. The highest BCUT2D eigenvalue weighted by Gasteiger charge is 2.58. The molecule has 0 N–H and O–H groups in total. The molecule has 0 spiro atoms. The molecule has 2 aliphatic rings. The van der Waals surface area contributed by atoms with Gasteiger partial charge in [-0.05, 0) is 32.3 Å². The first-order chi connectivity index (χ1) is 10.6. The smallest absolute Gasteiger partial charge is 0.320 e. The van der Waals surface area contributed by atoms with Gasteiger partial charge in [0.2, 0.25) is 0 Å². The highest BCUT2D eigenvalue weighted by Crippen LogP contribution is 2.46. The fraction of sp³-hybridized carbons (Fsp3) is 0.556. The predicted molar refractivity (Wildman–Crippen MR) is 83.2 cm³/mol. The van der Waals surface area contributed by atoms with E-state index in [1.807, 2.05) is 18.2 Å². The minimum absolute atomic E-state index is 0.0238. The first-order valence-corrected chi connectivity index (χ1v) is 8.09. The second-order valence-corrected chi connectivity index (χ2v) is 6.42. The molecular weight excluding hydrogens is 278 g/mol. The van der Waals surface area contributed by atoms with Crippen LogP contribution in [-0.2, 0) is 14.3 Å². The molecule has 1 aromatic carbocycles. The van der Waals surface area contributed by atoms with Gasteiger partial charge in [-0.15, -0.1) is 0 Å². The molecule has 0 amide bonds. The van der Waals surface area contributed by atoms with E-state index in [1.165, 1.54) is 5.56 Å². The summed E-state index contributed by atoms with van der Waals surface area (Å²) in [6, 6.07) is 10.4. The monoisotopic (exact) mass is 301 g/mol. The number of nitrogens with zero attached hydrogens (tertiary/aromatic N) is 1. The first kappa shape index (κ1) is 15.2. The summed E-state index contributed by atoms with van der Waals surface area (Å²) in [5.41, 5.74) is 0.289. The van der Waals surface area contributed by atoms with Crippen LogP contribution in [0.25, 0.3) is 0 Å². The molecule has 0 radical (unpaired) electrons. The quantitative estimate of drug-likeness (QED) is 0.633. The van der Waals surface area contributed by atoms with Gasteiger partial charge >= 0.3 is 5.97 Å². The number of carbonyl (C=O) groups excluding carboxylic acids is 2. The van der Waals surface area contributed by atoms with E-state index in [2.05, 4.69) is 24.0 Å². The summed E-state index contributed by atoms with van der Waals surface area (Å²) in [4.78, 5) is 27.3. The lowest BCUT2D eigenvalue weighted by molar-refractivity contribution is -0.163. The van der Waals surface area contributed by atoms with Gasteiger partial charge in [-0.25, -0.2) is 0 Å². The molecular formula is C18H23NO3. The highest BCUT2D eigenvalue weighted by molar-refractivity contribution is 6.07. The maximum absolute atomic E-state index is 12.6. The van der Waals surface area contributed by atoms with Crippen molar-refractivity contribution in [2.45, 2.75) is 32.7 Å². The van der Waals surface area contributed by atoms with Crippen LogP contribution in [0.2, 0.25) is 0 Å². The van der Waals surface area contributed by atoms with E-state index in [1.54, 1.807) is 6.92 Å². The standard InChI is InChI=1S/C18H23NO3/c1-3-22-17(21)18-10-9-15(16(18)20)11-19(12-18)13(2)14-7-5-4-6-8-14/h4-8,13,15H,3,9-12H2,1-2H3/t13-,15-,18-/m0/s1. The number of rotatable bonds is 4. The molecule has 118 valence electrons. The van der Waals surface area contributed by atoms with Gasteiger partial charge in [0.25, 0.3) is 0 Å². The zero-order chi connectivity index (χ0) is 15.7. The van der Waals surface area contributed by atoms with E-state index >= 15 is 0 Å². The van der Waals surface area contributed by atoms with Gasteiger partial charge in [0, 0.05) is 25.0 Å². The van der Waals surface area contributed by atoms with Crippen molar-refractivity contribution in [3.63, 3.8) is 0 Å². The van der Waals surface area contributed by atoms with Gasteiger partial charge < -0.3 is 4.74 Å². The second kappa shape index (κ2) is 5.84. The number of piperidine rings is 1. The molecule has 0 aromatic heterocycles. The van der Waals surface area contributed by atoms with Crippen molar-refractivity contribution in [1.82, 2.24) is 4.90 Å². The lowest BCUT2D eigenvalue weighted by Crippen LogP contribution is -2.54. The molecule has 1 aliphatic heterocycles. The van der Waals surface area contributed by atoms with Gasteiger partial charge in [-0.3, -0.25) is 14.5 Å². The molecule has 1 aromatic rings. The van der Waals surface area contributed by atoms with Crippen molar-refractivity contribution in [3.8, 4) is 0 Å².